The summed E-state index contributed by atoms with van der Waals surface area (Å²) in [4.78, 5) is 31.8. The molecule has 0 spiro atoms. The first-order chi connectivity index (χ1) is 11.0. The van der Waals surface area contributed by atoms with Crippen LogP contribution in [0, 0.1) is 0 Å². The van der Waals surface area contributed by atoms with Gasteiger partial charge in [0.2, 0.25) is 11.9 Å². The second-order valence-corrected chi connectivity index (χ2v) is 6.07. The molecular formula is C15H17N5O2S. The van der Waals surface area contributed by atoms with E-state index in [0.29, 0.717) is 5.95 Å². The lowest BCUT2D eigenvalue weighted by Crippen LogP contribution is -2.35. The van der Waals surface area contributed by atoms with Gasteiger partial charge in [0.1, 0.15) is 0 Å². The van der Waals surface area contributed by atoms with Gasteiger partial charge in [-0.3, -0.25) is 20.4 Å². The van der Waals surface area contributed by atoms with Crippen molar-refractivity contribution in [3.8, 4) is 0 Å². The zero-order valence-electron chi connectivity index (χ0n) is 12.7. The number of hydrogen-bond acceptors (Lipinski definition) is 6. The minimum absolute atomic E-state index is 0.118. The van der Waals surface area contributed by atoms with E-state index in [0.717, 1.165) is 10.6 Å². The molecule has 2 amide bonds. The molecule has 120 valence electrons. The standard InChI is InChI=1S/C15H17N5O2S/c1-10(14(22)19-20-15-16-8-3-9-17-15)23-13-6-4-12(5-7-13)18-11(2)21/h3-10H,1-2H3,(H,18,21)(H,19,22)(H,16,17,20)/t10-/m1/s1. The normalized spacial score (nSPS) is 11.4. The Labute approximate surface area is 138 Å². The van der Waals surface area contributed by atoms with Gasteiger partial charge in [0, 0.05) is 29.9 Å². The predicted molar refractivity (Wildman–Crippen MR) is 89.9 cm³/mol. The number of benzene rings is 1. The molecule has 1 heterocycles. The quantitative estimate of drug-likeness (QED) is 0.554. The molecule has 0 saturated heterocycles. The Morgan fingerprint density at radius 3 is 2.39 bits per heavy atom. The molecule has 0 saturated carbocycles. The van der Waals surface area contributed by atoms with Crippen LogP contribution in [0.1, 0.15) is 13.8 Å². The fraction of sp³-hybridized carbons (Fsp3) is 0.200. The van der Waals surface area contributed by atoms with Crippen molar-refractivity contribution in [1.82, 2.24) is 15.4 Å². The summed E-state index contributed by atoms with van der Waals surface area (Å²) in [5.74, 6) is 0.0263. The highest BCUT2D eigenvalue weighted by Crippen LogP contribution is 2.24. The van der Waals surface area contributed by atoms with Crippen LogP contribution in [0.15, 0.2) is 47.6 Å². The van der Waals surface area contributed by atoms with Gasteiger partial charge in [-0.1, -0.05) is 0 Å². The van der Waals surface area contributed by atoms with Crippen LogP contribution in [0.2, 0.25) is 0 Å². The zero-order valence-corrected chi connectivity index (χ0v) is 13.6. The molecule has 0 aliphatic heterocycles. The Balaban J connectivity index is 1.84. The van der Waals surface area contributed by atoms with Gasteiger partial charge in [0.25, 0.3) is 5.91 Å². The second-order valence-electron chi connectivity index (χ2n) is 4.65. The average molecular weight is 331 g/mol. The highest BCUT2D eigenvalue weighted by atomic mass is 32.2. The molecule has 0 bridgehead atoms. The van der Waals surface area contributed by atoms with Gasteiger partial charge in [-0.2, -0.15) is 0 Å². The summed E-state index contributed by atoms with van der Waals surface area (Å²) < 4.78 is 0. The minimum atomic E-state index is -0.308. The summed E-state index contributed by atoms with van der Waals surface area (Å²) in [6.07, 6.45) is 3.16. The van der Waals surface area contributed by atoms with E-state index in [9.17, 15) is 9.59 Å². The van der Waals surface area contributed by atoms with E-state index >= 15 is 0 Å². The smallest absolute Gasteiger partial charge is 0.251 e. The molecule has 0 radical (unpaired) electrons. The Bertz CT molecular complexity index is 663. The summed E-state index contributed by atoms with van der Waals surface area (Å²) in [5.41, 5.74) is 5.95. The Kier molecular flexibility index (Phi) is 5.93. The summed E-state index contributed by atoms with van der Waals surface area (Å²) in [5, 5.41) is 2.39. The molecule has 7 nitrogen and oxygen atoms in total. The first-order valence-corrected chi connectivity index (χ1v) is 7.80. The van der Waals surface area contributed by atoms with Gasteiger partial charge < -0.3 is 5.32 Å². The van der Waals surface area contributed by atoms with Crippen molar-refractivity contribution < 1.29 is 9.59 Å². The molecule has 2 aromatic rings. The number of carbonyl (C=O) groups is 2. The van der Waals surface area contributed by atoms with Crippen LogP contribution < -0.4 is 16.2 Å². The van der Waals surface area contributed by atoms with E-state index in [4.69, 9.17) is 0 Å². The first-order valence-electron chi connectivity index (χ1n) is 6.92. The Morgan fingerprint density at radius 1 is 1.13 bits per heavy atom. The fourth-order valence-corrected chi connectivity index (χ4v) is 2.53. The van der Waals surface area contributed by atoms with Crippen molar-refractivity contribution in [1.29, 1.82) is 0 Å². The monoisotopic (exact) mass is 331 g/mol. The van der Waals surface area contributed by atoms with E-state index < -0.39 is 0 Å². The molecule has 23 heavy (non-hydrogen) atoms. The lowest BCUT2D eigenvalue weighted by atomic mass is 10.3. The van der Waals surface area contributed by atoms with Gasteiger partial charge in [0.15, 0.2) is 0 Å². The minimum Gasteiger partial charge on any atom is -0.326 e. The SMILES string of the molecule is CC(=O)Nc1ccc(S[C@H](C)C(=O)NNc2ncccn2)cc1. The molecule has 1 aromatic heterocycles. The molecule has 0 aliphatic rings. The van der Waals surface area contributed by atoms with Crippen molar-refractivity contribution in [3.05, 3.63) is 42.7 Å². The van der Waals surface area contributed by atoms with Crippen molar-refractivity contribution in [2.24, 2.45) is 0 Å². The third-order valence-electron chi connectivity index (χ3n) is 2.72. The van der Waals surface area contributed by atoms with Crippen molar-refractivity contribution in [2.75, 3.05) is 10.7 Å². The molecule has 0 unspecified atom stereocenters. The maximum atomic E-state index is 12.0. The van der Waals surface area contributed by atoms with Gasteiger partial charge in [-0.05, 0) is 37.3 Å². The Hall–Kier alpha value is -2.61. The number of thioether (sulfide) groups is 1. The summed E-state index contributed by atoms with van der Waals surface area (Å²) in [6.45, 7) is 3.26. The average Bonchev–Trinajstić information content (AvgIpc) is 2.55. The molecule has 3 N–H and O–H groups in total. The first kappa shape index (κ1) is 16.8. The van der Waals surface area contributed by atoms with E-state index in [2.05, 4.69) is 26.1 Å². The van der Waals surface area contributed by atoms with Crippen molar-refractivity contribution in [2.45, 2.75) is 24.0 Å². The van der Waals surface area contributed by atoms with Crippen molar-refractivity contribution >= 4 is 35.2 Å². The van der Waals surface area contributed by atoms with Gasteiger partial charge in [0.05, 0.1) is 5.25 Å². The fourth-order valence-electron chi connectivity index (χ4n) is 1.66. The molecule has 8 heteroatoms. The Morgan fingerprint density at radius 2 is 1.78 bits per heavy atom. The molecule has 1 aromatic carbocycles. The van der Waals surface area contributed by atoms with Crippen molar-refractivity contribution in [3.63, 3.8) is 0 Å². The van der Waals surface area contributed by atoms with E-state index in [1.807, 2.05) is 12.1 Å². The third-order valence-corrected chi connectivity index (χ3v) is 3.83. The highest BCUT2D eigenvalue weighted by Gasteiger charge is 2.14. The number of aromatic nitrogens is 2. The third kappa shape index (κ3) is 5.59. The predicted octanol–water partition coefficient (Wildman–Crippen LogP) is 2.06. The van der Waals surface area contributed by atoms with Gasteiger partial charge >= 0.3 is 0 Å². The number of anilines is 2. The number of hydrazine groups is 1. The van der Waals surface area contributed by atoms with Crippen LogP contribution in [-0.4, -0.2) is 27.0 Å². The topological polar surface area (TPSA) is 96.0 Å². The van der Waals surface area contributed by atoms with Crippen LogP contribution in [0.5, 0.6) is 0 Å². The highest BCUT2D eigenvalue weighted by molar-refractivity contribution is 8.00. The summed E-state index contributed by atoms with van der Waals surface area (Å²) >= 11 is 1.41. The molecule has 1 atom stereocenters. The van der Waals surface area contributed by atoms with Crippen LogP contribution in [0.4, 0.5) is 11.6 Å². The molecule has 0 fully saturated rings. The molecule has 0 aliphatic carbocycles. The van der Waals surface area contributed by atoms with E-state index in [1.54, 1.807) is 37.5 Å². The van der Waals surface area contributed by atoms with Gasteiger partial charge in [-0.15, -0.1) is 11.8 Å². The van der Waals surface area contributed by atoms with Crippen LogP contribution in [0.3, 0.4) is 0 Å². The number of rotatable bonds is 6. The number of nitrogens with zero attached hydrogens (tertiary/aromatic N) is 2. The number of amides is 2. The van der Waals surface area contributed by atoms with E-state index in [1.165, 1.54) is 18.7 Å². The number of hydrogen-bond donors (Lipinski definition) is 3. The van der Waals surface area contributed by atoms with E-state index in [-0.39, 0.29) is 17.1 Å². The second kappa shape index (κ2) is 8.14. The lowest BCUT2D eigenvalue weighted by Gasteiger charge is -2.12. The van der Waals surface area contributed by atoms with Crippen LogP contribution in [0.25, 0.3) is 0 Å². The zero-order chi connectivity index (χ0) is 16.7. The number of nitrogens with one attached hydrogen (secondary N) is 3. The molecular weight excluding hydrogens is 314 g/mol. The van der Waals surface area contributed by atoms with Crippen LogP contribution in [-0.2, 0) is 9.59 Å². The lowest BCUT2D eigenvalue weighted by molar-refractivity contribution is -0.119. The molecule has 2 rings (SSSR count). The maximum Gasteiger partial charge on any atom is 0.251 e. The number of carbonyl (C=O) groups excluding carboxylic acids is 2. The largest absolute Gasteiger partial charge is 0.326 e. The maximum absolute atomic E-state index is 12.0. The summed E-state index contributed by atoms with van der Waals surface area (Å²) in [7, 11) is 0. The van der Waals surface area contributed by atoms with Gasteiger partial charge in [-0.25, -0.2) is 9.97 Å². The van der Waals surface area contributed by atoms with Crippen LogP contribution >= 0.6 is 11.8 Å². The summed E-state index contributed by atoms with van der Waals surface area (Å²) in [6, 6.07) is 8.99.